The first-order valence-corrected chi connectivity index (χ1v) is 12.1. The number of sulfonamides is 1. The Morgan fingerprint density at radius 1 is 1.03 bits per heavy atom. The Labute approximate surface area is 185 Å². The molecule has 168 valence electrons. The SMILES string of the molecule is CNC(=O)[C@@H](C)N(Cc1ccccc1)C(=O)CCCN(c1ccccc1C)S(C)(=O)=O. The Morgan fingerprint density at radius 3 is 2.23 bits per heavy atom. The number of carbonyl (C=O) groups is 2. The maximum Gasteiger partial charge on any atom is 0.242 e. The highest BCUT2D eigenvalue weighted by atomic mass is 32.2. The number of likely N-dealkylation sites (N-methyl/N-ethyl adjacent to an activating group) is 1. The third-order valence-electron chi connectivity index (χ3n) is 5.15. The number of amides is 2. The van der Waals surface area contributed by atoms with Crippen molar-refractivity contribution < 1.29 is 18.0 Å². The second kappa shape index (κ2) is 10.9. The van der Waals surface area contributed by atoms with Crippen molar-refractivity contribution in [3.8, 4) is 0 Å². The Kier molecular flexibility index (Phi) is 8.62. The summed E-state index contributed by atoms with van der Waals surface area (Å²) in [6, 6.07) is 16.1. The second-order valence-corrected chi connectivity index (χ2v) is 9.43. The first-order valence-electron chi connectivity index (χ1n) is 10.2. The topological polar surface area (TPSA) is 86.8 Å². The molecule has 8 heteroatoms. The molecule has 0 bridgehead atoms. The van der Waals surface area contributed by atoms with Gasteiger partial charge < -0.3 is 10.2 Å². The van der Waals surface area contributed by atoms with Crippen LogP contribution in [-0.4, -0.2) is 51.0 Å². The number of para-hydroxylation sites is 1. The van der Waals surface area contributed by atoms with Gasteiger partial charge in [0.15, 0.2) is 0 Å². The summed E-state index contributed by atoms with van der Waals surface area (Å²) in [6.45, 7) is 4.03. The molecule has 31 heavy (non-hydrogen) atoms. The molecule has 0 heterocycles. The molecule has 1 N–H and O–H groups in total. The van der Waals surface area contributed by atoms with Crippen LogP contribution in [0.5, 0.6) is 0 Å². The van der Waals surface area contributed by atoms with Crippen LogP contribution < -0.4 is 9.62 Å². The molecule has 2 aromatic rings. The number of nitrogens with zero attached hydrogens (tertiary/aromatic N) is 2. The van der Waals surface area contributed by atoms with Gasteiger partial charge in [0, 0.05) is 26.6 Å². The van der Waals surface area contributed by atoms with Crippen LogP contribution in [0.4, 0.5) is 5.69 Å². The van der Waals surface area contributed by atoms with E-state index in [1.807, 2.05) is 49.4 Å². The highest BCUT2D eigenvalue weighted by Crippen LogP contribution is 2.23. The minimum Gasteiger partial charge on any atom is -0.357 e. The van der Waals surface area contributed by atoms with E-state index in [2.05, 4.69) is 5.32 Å². The summed E-state index contributed by atoms with van der Waals surface area (Å²) in [6.07, 6.45) is 1.63. The third-order valence-corrected chi connectivity index (χ3v) is 6.33. The van der Waals surface area contributed by atoms with Crippen LogP contribution in [0.3, 0.4) is 0 Å². The molecule has 0 spiro atoms. The number of nitrogens with one attached hydrogen (secondary N) is 1. The summed E-state index contributed by atoms with van der Waals surface area (Å²) in [5.41, 5.74) is 2.37. The molecular weight excluding hydrogens is 414 g/mol. The maximum atomic E-state index is 13.0. The fraction of sp³-hybridized carbons (Fsp3) is 0.391. The van der Waals surface area contributed by atoms with Crippen molar-refractivity contribution in [2.24, 2.45) is 0 Å². The second-order valence-electron chi connectivity index (χ2n) is 7.52. The lowest BCUT2D eigenvalue weighted by Crippen LogP contribution is -2.46. The average Bonchev–Trinajstić information content (AvgIpc) is 2.74. The lowest BCUT2D eigenvalue weighted by atomic mass is 10.1. The molecule has 0 radical (unpaired) electrons. The van der Waals surface area contributed by atoms with Gasteiger partial charge in [-0.15, -0.1) is 0 Å². The zero-order valence-corrected chi connectivity index (χ0v) is 19.4. The van der Waals surface area contributed by atoms with Crippen molar-refractivity contribution in [3.63, 3.8) is 0 Å². The lowest BCUT2D eigenvalue weighted by molar-refractivity contribution is -0.140. The van der Waals surface area contributed by atoms with Crippen molar-refractivity contribution in [3.05, 3.63) is 65.7 Å². The van der Waals surface area contributed by atoms with E-state index < -0.39 is 16.1 Å². The lowest BCUT2D eigenvalue weighted by Gasteiger charge is -2.29. The summed E-state index contributed by atoms with van der Waals surface area (Å²) in [7, 11) is -1.96. The number of aryl methyl sites for hydroxylation is 1. The molecule has 2 aromatic carbocycles. The molecular formula is C23H31N3O4S. The van der Waals surface area contributed by atoms with Gasteiger partial charge in [-0.05, 0) is 37.5 Å². The van der Waals surface area contributed by atoms with E-state index in [0.717, 1.165) is 17.4 Å². The number of hydrogen-bond donors (Lipinski definition) is 1. The Bertz CT molecular complexity index is 993. The predicted octanol–water partition coefficient (Wildman–Crippen LogP) is 2.70. The van der Waals surface area contributed by atoms with Crippen LogP contribution in [0.2, 0.25) is 0 Å². The number of rotatable bonds is 10. The van der Waals surface area contributed by atoms with E-state index >= 15 is 0 Å². The van der Waals surface area contributed by atoms with Gasteiger partial charge in [-0.1, -0.05) is 48.5 Å². The molecule has 7 nitrogen and oxygen atoms in total. The summed E-state index contributed by atoms with van der Waals surface area (Å²) < 4.78 is 26.0. The average molecular weight is 446 g/mol. The van der Waals surface area contributed by atoms with Gasteiger partial charge in [-0.3, -0.25) is 13.9 Å². The molecule has 1 atom stereocenters. The molecule has 2 rings (SSSR count). The van der Waals surface area contributed by atoms with Gasteiger partial charge in [-0.2, -0.15) is 0 Å². The number of anilines is 1. The minimum absolute atomic E-state index is 0.131. The van der Waals surface area contributed by atoms with Gasteiger partial charge in [0.05, 0.1) is 11.9 Å². The van der Waals surface area contributed by atoms with Crippen molar-refractivity contribution in [2.75, 3.05) is 24.2 Å². The zero-order valence-electron chi connectivity index (χ0n) is 18.5. The van der Waals surface area contributed by atoms with Crippen molar-refractivity contribution in [1.82, 2.24) is 10.2 Å². The summed E-state index contributed by atoms with van der Waals surface area (Å²) in [5, 5.41) is 2.59. The van der Waals surface area contributed by atoms with E-state index in [0.29, 0.717) is 18.7 Å². The largest absolute Gasteiger partial charge is 0.357 e. The van der Waals surface area contributed by atoms with E-state index in [1.54, 1.807) is 19.1 Å². The minimum atomic E-state index is -3.50. The fourth-order valence-corrected chi connectivity index (χ4v) is 4.42. The van der Waals surface area contributed by atoms with Crippen molar-refractivity contribution in [1.29, 1.82) is 0 Å². The van der Waals surface area contributed by atoms with Crippen LogP contribution >= 0.6 is 0 Å². The van der Waals surface area contributed by atoms with Crippen LogP contribution in [-0.2, 0) is 26.2 Å². The number of hydrogen-bond acceptors (Lipinski definition) is 4. The quantitative estimate of drug-likeness (QED) is 0.609. The monoisotopic (exact) mass is 445 g/mol. The fourth-order valence-electron chi connectivity index (χ4n) is 3.40. The van der Waals surface area contributed by atoms with Gasteiger partial charge in [-0.25, -0.2) is 8.42 Å². The van der Waals surface area contributed by atoms with Gasteiger partial charge >= 0.3 is 0 Å². The standard InChI is InChI=1S/C23H31N3O4S/c1-18-11-8-9-14-21(18)26(31(4,29)30)16-10-15-22(27)25(19(2)23(28)24-3)17-20-12-6-5-7-13-20/h5-9,11-14,19H,10,15-17H2,1-4H3,(H,24,28)/t19-/m1/s1. The molecule has 0 aliphatic rings. The van der Waals surface area contributed by atoms with E-state index in [-0.39, 0.29) is 24.8 Å². The van der Waals surface area contributed by atoms with E-state index in [9.17, 15) is 18.0 Å². The highest BCUT2D eigenvalue weighted by Gasteiger charge is 2.26. The Hall–Kier alpha value is -2.87. The van der Waals surface area contributed by atoms with Crippen LogP contribution in [0.1, 0.15) is 30.9 Å². The molecule has 0 saturated carbocycles. The van der Waals surface area contributed by atoms with Crippen molar-refractivity contribution in [2.45, 2.75) is 39.3 Å². The first kappa shape index (κ1) is 24.4. The molecule has 0 unspecified atom stereocenters. The molecule has 0 aliphatic carbocycles. The van der Waals surface area contributed by atoms with Gasteiger partial charge in [0.1, 0.15) is 6.04 Å². The van der Waals surface area contributed by atoms with Gasteiger partial charge in [0.2, 0.25) is 21.8 Å². The van der Waals surface area contributed by atoms with E-state index in [1.165, 1.54) is 16.3 Å². The highest BCUT2D eigenvalue weighted by molar-refractivity contribution is 7.92. The predicted molar refractivity (Wildman–Crippen MR) is 123 cm³/mol. The summed E-state index contributed by atoms with van der Waals surface area (Å²) in [4.78, 5) is 26.7. The summed E-state index contributed by atoms with van der Waals surface area (Å²) >= 11 is 0. The van der Waals surface area contributed by atoms with Crippen LogP contribution in [0.15, 0.2) is 54.6 Å². The Morgan fingerprint density at radius 2 is 1.65 bits per heavy atom. The smallest absolute Gasteiger partial charge is 0.242 e. The molecule has 0 aliphatic heterocycles. The van der Waals surface area contributed by atoms with Crippen LogP contribution in [0, 0.1) is 6.92 Å². The molecule has 2 amide bonds. The third kappa shape index (κ3) is 6.82. The molecule has 0 fully saturated rings. The number of carbonyl (C=O) groups excluding carboxylic acids is 2. The van der Waals surface area contributed by atoms with E-state index in [4.69, 9.17) is 0 Å². The first-order chi connectivity index (χ1) is 14.6. The Balaban J connectivity index is 2.13. The number of benzene rings is 2. The molecule has 0 aromatic heterocycles. The maximum absolute atomic E-state index is 13.0. The zero-order chi connectivity index (χ0) is 23.0. The van der Waals surface area contributed by atoms with Gasteiger partial charge in [0.25, 0.3) is 0 Å². The van der Waals surface area contributed by atoms with Crippen LogP contribution in [0.25, 0.3) is 0 Å². The summed E-state index contributed by atoms with van der Waals surface area (Å²) in [5.74, 6) is -0.444. The normalized spacial score (nSPS) is 12.1. The van der Waals surface area contributed by atoms with Crippen molar-refractivity contribution >= 4 is 27.5 Å². The molecule has 0 saturated heterocycles.